The zero-order chi connectivity index (χ0) is 15.2. The maximum absolute atomic E-state index is 12.0. The highest BCUT2D eigenvalue weighted by Crippen LogP contribution is 2.17. The molecule has 0 aromatic heterocycles. The van der Waals surface area contributed by atoms with Crippen LogP contribution in [-0.4, -0.2) is 10.8 Å². The lowest BCUT2D eigenvalue weighted by Crippen LogP contribution is -2.23. The van der Waals surface area contributed by atoms with Gasteiger partial charge in [0.05, 0.1) is 4.92 Å². The summed E-state index contributed by atoms with van der Waals surface area (Å²) in [6.45, 7) is 0.521. The molecule has 0 atom stereocenters. The first-order valence-corrected chi connectivity index (χ1v) is 6.41. The minimum atomic E-state index is -0.461. The molecule has 1 amide bonds. The van der Waals surface area contributed by atoms with Crippen LogP contribution in [0.2, 0.25) is 0 Å². The number of benzene rings is 2. The molecule has 2 rings (SSSR count). The van der Waals surface area contributed by atoms with Crippen molar-refractivity contribution in [3.05, 3.63) is 75.3 Å². The van der Waals surface area contributed by atoms with Gasteiger partial charge in [-0.1, -0.05) is 30.3 Å². The molecule has 0 radical (unpaired) electrons. The number of carbonyl (C=O) groups is 1. The van der Waals surface area contributed by atoms with Gasteiger partial charge in [0.25, 0.3) is 11.6 Å². The van der Waals surface area contributed by atoms with E-state index >= 15 is 0 Å². The summed E-state index contributed by atoms with van der Waals surface area (Å²) in [5.74, 6) is -0.281. The van der Waals surface area contributed by atoms with E-state index in [1.165, 1.54) is 6.07 Å². The highest BCUT2D eigenvalue weighted by Gasteiger charge is 2.13. The fourth-order valence-corrected chi connectivity index (χ4v) is 1.91. The van der Waals surface area contributed by atoms with Crippen LogP contribution < -0.4 is 11.1 Å². The van der Waals surface area contributed by atoms with E-state index in [1.807, 2.05) is 0 Å². The van der Waals surface area contributed by atoms with E-state index in [0.717, 1.165) is 5.56 Å². The van der Waals surface area contributed by atoms with E-state index < -0.39 is 4.92 Å². The Labute approximate surface area is 121 Å². The number of hydrogen-bond acceptors (Lipinski definition) is 4. The summed E-state index contributed by atoms with van der Waals surface area (Å²) in [7, 11) is 0. The van der Waals surface area contributed by atoms with Crippen LogP contribution in [0.1, 0.15) is 21.5 Å². The summed E-state index contributed by atoms with van der Waals surface area (Å²) >= 11 is 0. The van der Waals surface area contributed by atoms with Gasteiger partial charge in [-0.25, -0.2) is 0 Å². The van der Waals surface area contributed by atoms with E-state index in [2.05, 4.69) is 5.32 Å². The lowest BCUT2D eigenvalue weighted by atomic mass is 10.1. The molecule has 0 aliphatic carbocycles. The van der Waals surface area contributed by atoms with Gasteiger partial charge in [-0.2, -0.15) is 0 Å². The van der Waals surface area contributed by atoms with Crippen molar-refractivity contribution in [1.29, 1.82) is 0 Å². The second kappa shape index (κ2) is 6.62. The minimum absolute atomic E-state index is 0.00344. The molecule has 2 aromatic carbocycles. The first-order chi connectivity index (χ1) is 10.1. The van der Waals surface area contributed by atoms with Crippen molar-refractivity contribution in [2.75, 3.05) is 0 Å². The number of hydrogen-bond donors (Lipinski definition) is 2. The quantitative estimate of drug-likeness (QED) is 0.648. The van der Waals surface area contributed by atoms with Gasteiger partial charge < -0.3 is 11.1 Å². The van der Waals surface area contributed by atoms with Crippen LogP contribution in [0.25, 0.3) is 0 Å². The number of nitro groups is 1. The van der Waals surface area contributed by atoms with Crippen LogP contribution in [0.3, 0.4) is 0 Å². The standard InChI is InChI=1S/C15H15N3O3/c16-9-11-5-7-12(8-6-11)15(19)17-10-13-3-1-2-4-14(13)18(20)21/h1-8H,9-10,16H2,(H,17,19). The zero-order valence-corrected chi connectivity index (χ0v) is 11.3. The molecule has 0 bridgehead atoms. The first-order valence-electron chi connectivity index (χ1n) is 6.41. The van der Waals surface area contributed by atoms with Gasteiger partial charge in [0, 0.05) is 30.3 Å². The third kappa shape index (κ3) is 3.64. The number of nitrogens with zero attached hydrogens (tertiary/aromatic N) is 1. The Hall–Kier alpha value is -2.73. The number of para-hydroxylation sites is 1. The predicted molar refractivity (Wildman–Crippen MR) is 78.6 cm³/mol. The average Bonchev–Trinajstić information content (AvgIpc) is 2.52. The Balaban J connectivity index is 2.05. The largest absolute Gasteiger partial charge is 0.348 e. The van der Waals surface area contributed by atoms with Gasteiger partial charge in [-0.15, -0.1) is 0 Å². The van der Waals surface area contributed by atoms with Crippen molar-refractivity contribution >= 4 is 11.6 Å². The van der Waals surface area contributed by atoms with Gasteiger partial charge in [-0.3, -0.25) is 14.9 Å². The number of nitro benzene ring substituents is 1. The number of nitrogens with one attached hydrogen (secondary N) is 1. The van der Waals surface area contributed by atoms with Crippen molar-refractivity contribution < 1.29 is 9.72 Å². The molecule has 0 spiro atoms. The number of amides is 1. The molecule has 0 unspecified atom stereocenters. The minimum Gasteiger partial charge on any atom is -0.348 e. The Morgan fingerprint density at radius 1 is 1.14 bits per heavy atom. The molecule has 0 saturated carbocycles. The molecule has 6 nitrogen and oxygen atoms in total. The van der Waals surface area contributed by atoms with Gasteiger partial charge >= 0.3 is 0 Å². The summed E-state index contributed by atoms with van der Waals surface area (Å²) in [4.78, 5) is 22.4. The lowest BCUT2D eigenvalue weighted by molar-refractivity contribution is -0.385. The highest BCUT2D eigenvalue weighted by molar-refractivity contribution is 5.94. The number of nitrogens with two attached hydrogens (primary N) is 1. The van der Waals surface area contributed by atoms with E-state index in [9.17, 15) is 14.9 Å². The summed E-state index contributed by atoms with van der Waals surface area (Å²) in [5, 5.41) is 13.6. The number of rotatable bonds is 5. The predicted octanol–water partition coefficient (Wildman–Crippen LogP) is 1.98. The Kier molecular flexibility index (Phi) is 4.63. The van der Waals surface area contributed by atoms with Crippen LogP contribution in [0.5, 0.6) is 0 Å². The van der Waals surface area contributed by atoms with Crippen molar-refractivity contribution in [1.82, 2.24) is 5.32 Å². The van der Waals surface area contributed by atoms with Crippen molar-refractivity contribution in [2.45, 2.75) is 13.1 Å². The normalized spacial score (nSPS) is 10.1. The fourth-order valence-electron chi connectivity index (χ4n) is 1.91. The van der Waals surface area contributed by atoms with E-state index in [1.54, 1.807) is 42.5 Å². The monoisotopic (exact) mass is 285 g/mol. The Bertz CT molecular complexity index is 653. The molecule has 0 fully saturated rings. The second-order valence-corrected chi connectivity index (χ2v) is 4.47. The van der Waals surface area contributed by atoms with Gasteiger partial charge in [0.1, 0.15) is 0 Å². The van der Waals surface area contributed by atoms with Crippen molar-refractivity contribution in [2.24, 2.45) is 5.73 Å². The molecule has 6 heteroatoms. The SMILES string of the molecule is NCc1ccc(C(=O)NCc2ccccc2[N+](=O)[O-])cc1. The van der Waals surface area contributed by atoms with Crippen molar-refractivity contribution in [3.63, 3.8) is 0 Å². The Morgan fingerprint density at radius 3 is 2.43 bits per heavy atom. The fraction of sp³-hybridized carbons (Fsp3) is 0.133. The molecule has 21 heavy (non-hydrogen) atoms. The van der Waals surface area contributed by atoms with Crippen LogP contribution >= 0.6 is 0 Å². The third-order valence-corrected chi connectivity index (χ3v) is 3.08. The summed E-state index contributed by atoms with van der Waals surface area (Å²) in [5.41, 5.74) is 7.38. The van der Waals surface area contributed by atoms with E-state index in [-0.39, 0.29) is 18.1 Å². The van der Waals surface area contributed by atoms with Crippen molar-refractivity contribution in [3.8, 4) is 0 Å². The molecule has 3 N–H and O–H groups in total. The maximum atomic E-state index is 12.0. The summed E-state index contributed by atoms with van der Waals surface area (Å²) < 4.78 is 0. The van der Waals surface area contributed by atoms with Crippen LogP contribution in [0.15, 0.2) is 48.5 Å². The van der Waals surface area contributed by atoms with E-state index in [0.29, 0.717) is 17.7 Å². The van der Waals surface area contributed by atoms with E-state index in [4.69, 9.17) is 5.73 Å². The molecule has 0 aliphatic heterocycles. The summed E-state index contributed by atoms with van der Waals surface area (Å²) in [6, 6.07) is 13.2. The average molecular weight is 285 g/mol. The molecule has 0 heterocycles. The van der Waals surface area contributed by atoms with Gasteiger partial charge in [-0.05, 0) is 17.7 Å². The topological polar surface area (TPSA) is 98.3 Å². The zero-order valence-electron chi connectivity index (χ0n) is 11.3. The summed E-state index contributed by atoms with van der Waals surface area (Å²) in [6.07, 6.45) is 0. The molecule has 2 aromatic rings. The Morgan fingerprint density at radius 2 is 1.81 bits per heavy atom. The molecule has 108 valence electrons. The molecular weight excluding hydrogens is 270 g/mol. The van der Waals surface area contributed by atoms with Crippen LogP contribution in [0.4, 0.5) is 5.69 Å². The molecule has 0 aliphatic rings. The second-order valence-electron chi connectivity index (χ2n) is 4.47. The van der Waals surface area contributed by atoms with Crippen LogP contribution in [-0.2, 0) is 13.1 Å². The number of carbonyl (C=O) groups excluding carboxylic acids is 1. The molecule has 0 saturated heterocycles. The van der Waals surface area contributed by atoms with Gasteiger partial charge in [0.2, 0.25) is 0 Å². The smallest absolute Gasteiger partial charge is 0.274 e. The molecular formula is C15H15N3O3. The van der Waals surface area contributed by atoms with Gasteiger partial charge in [0.15, 0.2) is 0 Å². The highest BCUT2D eigenvalue weighted by atomic mass is 16.6. The third-order valence-electron chi connectivity index (χ3n) is 3.08. The maximum Gasteiger partial charge on any atom is 0.274 e. The first kappa shape index (κ1) is 14.7. The van der Waals surface area contributed by atoms with Crippen LogP contribution in [0, 0.1) is 10.1 Å². The lowest BCUT2D eigenvalue weighted by Gasteiger charge is -2.06.